The van der Waals surface area contributed by atoms with Gasteiger partial charge in [0.1, 0.15) is 0 Å². The molecule has 1 saturated carbocycles. The molecule has 1 N–H and O–H groups in total. The van der Waals surface area contributed by atoms with E-state index in [1.165, 1.54) is 12.8 Å². The van der Waals surface area contributed by atoms with Crippen LogP contribution in [0.4, 0.5) is 0 Å². The van der Waals surface area contributed by atoms with Gasteiger partial charge in [0.25, 0.3) is 5.91 Å². The molecular formula is C15H21N3O. The van der Waals surface area contributed by atoms with Crippen LogP contribution in [0.15, 0.2) is 18.3 Å². The molecule has 1 aromatic heterocycles. The van der Waals surface area contributed by atoms with Crippen molar-refractivity contribution < 1.29 is 4.79 Å². The molecule has 1 aliphatic heterocycles. The molecule has 2 fully saturated rings. The van der Waals surface area contributed by atoms with Gasteiger partial charge in [0, 0.05) is 30.5 Å². The van der Waals surface area contributed by atoms with Crippen LogP contribution in [-0.4, -0.2) is 41.0 Å². The van der Waals surface area contributed by atoms with Crippen LogP contribution in [0.2, 0.25) is 0 Å². The molecule has 0 spiro atoms. The SMILES string of the molecule is Cc1ncccc1C(=O)N(CC1CCCN1)C1CC1. The summed E-state index contributed by atoms with van der Waals surface area (Å²) in [6, 6.07) is 4.66. The predicted octanol–water partition coefficient (Wildman–Crippen LogP) is 1.75. The Morgan fingerprint density at radius 2 is 2.32 bits per heavy atom. The molecule has 4 heteroatoms. The quantitative estimate of drug-likeness (QED) is 0.896. The lowest BCUT2D eigenvalue weighted by molar-refractivity contribution is 0.0727. The second-order valence-corrected chi connectivity index (χ2v) is 5.62. The Hall–Kier alpha value is -1.42. The minimum absolute atomic E-state index is 0.154. The van der Waals surface area contributed by atoms with Crippen LogP contribution in [0, 0.1) is 6.92 Å². The fourth-order valence-electron chi connectivity index (χ4n) is 2.80. The third-order valence-electron chi connectivity index (χ3n) is 4.07. The summed E-state index contributed by atoms with van der Waals surface area (Å²) >= 11 is 0. The number of carbonyl (C=O) groups excluding carboxylic acids is 1. The number of rotatable bonds is 4. The normalized spacial score (nSPS) is 22.5. The van der Waals surface area contributed by atoms with E-state index in [1.54, 1.807) is 6.20 Å². The molecular weight excluding hydrogens is 238 g/mol. The van der Waals surface area contributed by atoms with Crippen LogP contribution in [-0.2, 0) is 0 Å². The third-order valence-corrected chi connectivity index (χ3v) is 4.07. The van der Waals surface area contributed by atoms with Gasteiger partial charge in [-0.1, -0.05) is 0 Å². The van der Waals surface area contributed by atoms with Gasteiger partial charge in [-0.15, -0.1) is 0 Å². The molecule has 4 nitrogen and oxygen atoms in total. The third kappa shape index (κ3) is 2.78. The Bertz CT molecular complexity index is 464. The van der Waals surface area contributed by atoms with Crippen molar-refractivity contribution in [3.63, 3.8) is 0 Å². The largest absolute Gasteiger partial charge is 0.334 e. The number of aromatic nitrogens is 1. The molecule has 2 heterocycles. The number of nitrogens with one attached hydrogen (secondary N) is 1. The Morgan fingerprint density at radius 3 is 2.95 bits per heavy atom. The lowest BCUT2D eigenvalue weighted by Crippen LogP contribution is -2.42. The van der Waals surface area contributed by atoms with E-state index in [0.717, 1.165) is 37.2 Å². The number of amides is 1. The number of aryl methyl sites for hydroxylation is 1. The summed E-state index contributed by atoms with van der Waals surface area (Å²) in [5, 5.41) is 3.48. The number of pyridine rings is 1. The molecule has 1 unspecified atom stereocenters. The maximum absolute atomic E-state index is 12.7. The van der Waals surface area contributed by atoms with E-state index in [4.69, 9.17) is 0 Å². The monoisotopic (exact) mass is 259 g/mol. The Labute approximate surface area is 114 Å². The molecule has 19 heavy (non-hydrogen) atoms. The summed E-state index contributed by atoms with van der Waals surface area (Å²) in [6.45, 7) is 3.84. The van der Waals surface area contributed by atoms with Gasteiger partial charge in [-0.2, -0.15) is 0 Å². The van der Waals surface area contributed by atoms with Crippen LogP contribution >= 0.6 is 0 Å². The van der Waals surface area contributed by atoms with Gasteiger partial charge < -0.3 is 10.2 Å². The summed E-state index contributed by atoms with van der Waals surface area (Å²) in [5.74, 6) is 0.154. The summed E-state index contributed by atoms with van der Waals surface area (Å²) < 4.78 is 0. The molecule has 1 amide bonds. The topological polar surface area (TPSA) is 45.2 Å². The van der Waals surface area contributed by atoms with Crippen LogP contribution in [0.1, 0.15) is 41.7 Å². The smallest absolute Gasteiger partial charge is 0.255 e. The molecule has 1 aromatic rings. The summed E-state index contributed by atoms with van der Waals surface area (Å²) in [6.07, 6.45) is 6.45. The molecule has 1 atom stereocenters. The number of nitrogens with zero attached hydrogens (tertiary/aromatic N) is 2. The summed E-state index contributed by atoms with van der Waals surface area (Å²) in [4.78, 5) is 19.0. The van der Waals surface area contributed by atoms with E-state index in [-0.39, 0.29) is 5.91 Å². The zero-order chi connectivity index (χ0) is 13.2. The fraction of sp³-hybridized carbons (Fsp3) is 0.600. The minimum Gasteiger partial charge on any atom is -0.334 e. The molecule has 1 saturated heterocycles. The first kappa shape index (κ1) is 12.6. The highest BCUT2D eigenvalue weighted by atomic mass is 16.2. The van der Waals surface area contributed by atoms with Crippen molar-refractivity contribution in [2.24, 2.45) is 0 Å². The van der Waals surface area contributed by atoms with Crippen molar-refractivity contribution in [2.45, 2.75) is 44.7 Å². The predicted molar refractivity (Wildman–Crippen MR) is 74.1 cm³/mol. The molecule has 0 bridgehead atoms. The molecule has 0 radical (unpaired) electrons. The van der Waals surface area contributed by atoms with Gasteiger partial charge in [0.2, 0.25) is 0 Å². The zero-order valence-corrected chi connectivity index (χ0v) is 11.4. The Morgan fingerprint density at radius 1 is 1.47 bits per heavy atom. The summed E-state index contributed by atoms with van der Waals surface area (Å²) in [7, 11) is 0. The van der Waals surface area contributed by atoms with E-state index in [9.17, 15) is 4.79 Å². The van der Waals surface area contributed by atoms with Crippen LogP contribution in [0.5, 0.6) is 0 Å². The Balaban J connectivity index is 1.76. The highest BCUT2D eigenvalue weighted by Gasteiger charge is 2.35. The van der Waals surface area contributed by atoms with Gasteiger partial charge in [-0.05, 0) is 51.3 Å². The number of carbonyl (C=O) groups is 1. The average molecular weight is 259 g/mol. The average Bonchev–Trinajstić information content (AvgIpc) is 3.13. The van der Waals surface area contributed by atoms with E-state index >= 15 is 0 Å². The number of hydrogen-bond acceptors (Lipinski definition) is 3. The maximum atomic E-state index is 12.7. The van der Waals surface area contributed by atoms with Crippen LogP contribution in [0.3, 0.4) is 0 Å². The van der Waals surface area contributed by atoms with Crippen molar-refractivity contribution in [1.82, 2.24) is 15.2 Å². The van der Waals surface area contributed by atoms with Gasteiger partial charge in [-0.25, -0.2) is 0 Å². The van der Waals surface area contributed by atoms with E-state index < -0.39 is 0 Å². The van der Waals surface area contributed by atoms with E-state index in [2.05, 4.69) is 15.2 Å². The van der Waals surface area contributed by atoms with Crippen molar-refractivity contribution in [1.29, 1.82) is 0 Å². The second kappa shape index (κ2) is 5.29. The van der Waals surface area contributed by atoms with Gasteiger partial charge in [-0.3, -0.25) is 9.78 Å². The van der Waals surface area contributed by atoms with Crippen molar-refractivity contribution >= 4 is 5.91 Å². The van der Waals surface area contributed by atoms with E-state index in [0.29, 0.717) is 12.1 Å². The van der Waals surface area contributed by atoms with E-state index in [1.807, 2.05) is 19.1 Å². The van der Waals surface area contributed by atoms with Crippen LogP contribution in [0.25, 0.3) is 0 Å². The van der Waals surface area contributed by atoms with Crippen molar-refractivity contribution in [3.8, 4) is 0 Å². The highest BCUT2D eigenvalue weighted by Crippen LogP contribution is 2.29. The van der Waals surface area contributed by atoms with Crippen molar-refractivity contribution in [2.75, 3.05) is 13.1 Å². The lowest BCUT2D eigenvalue weighted by atomic mass is 10.1. The standard InChI is InChI=1S/C15H21N3O/c1-11-14(5-3-8-16-11)15(19)18(13-6-7-13)10-12-4-2-9-17-12/h3,5,8,12-13,17H,2,4,6-7,9-10H2,1H3. The first-order chi connectivity index (χ1) is 9.25. The molecule has 102 valence electrons. The fourth-order valence-corrected chi connectivity index (χ4v) is 2.80. The summed E-state index contributed by atoms with van der Waals surface area (Å²) in [5.41, 5.74) is 1.59. The number of hydrogen-bond donors (Lipinski definition) is 1. The van der Waals surface area contributed by atoms with Crippen LogP contribution < -0.4 is 5.32 Å². The minimum atomic E-state index is 0.154. The lowest BCUT2D eigenvalue weighted by Gasteiger charge is -2.26. The van der Waals surface area contributed by atoms with Gasteiger partial charge >= 0.3 is 0 Å². The molecule has 3 rings (SSSR count). The maximum Gasteiger partial charge on any atom is 0.255 e. The Kier molecular flexibility index (Phi) is 3.51. The van der Waals surface area contributed by atoms with Gasteiger partial charge in [0.05, 0.1) is 5.56 Å². The second-order valence-electron chi connectivity index (χ2n) is 5.62. The molecule has 1 aliphatic carbocycles. The molecule has 2 aliphatic rings. The van der Waals surface area contributed by atoms with Gasteiger partial charge in [0.15, 0.2) is 0 Å². The zero-order valence-electron chi connectivity index (χ0n) is 11.4. The molecule has 0 aromatic carbocycles. The first-order valence-corrected chi connectivity index (χ1v) is 7.21. The highest BCUT2D eigenvalue weighted by molar-refractivity contribution is 5.95. The first-order valence-electron chi connectivity index (χ1n) is 7.21. The van der Waals surface area contributed by atoms with Crippen molar-refractivity contribution in [3.05, 3.63) is 29.6 Å².